The van der Waals surface area contributed by atoms with Gasteiger partial charge in [0.25, 0.3) is 0 Å². The van der Waals surface area contributed by atoms with Crippen LogP contribution in [-0.2, 0) is 0 Å². The fourth-order valence-corrected chi connectivity index (χ4v) is 4.35. The van der Waals surface area contributed by atoms with Gasteiger partial charge in [0.05, 0.1) is 17.2 Å². The van der Waals surface area contributed by atoms with E-state index in [-0.39, 0.29) is 12.0 Å². The van der Waals surface area contributed by atoms with E-state index in [4.69, 9.17) is 4.74 Å². The van der Waals surface area contributed by atoms with Gasteiger partial charge in [-0.1, -0.05) is 30.3 Å². The molecular formula is C27H31N5O2. The van der Waals surface area contributed by atoms with Crippen molar-refractivity contribution in [1.29, 1.82) is 0 Å². The highest BCUT2D eigenvalue weighted by molar-refractivity contribution is 6.07. The summed E-state index contributed by atoms with van der Waals surface area (Å²) >= 11 is 0. The molecule has 1 saturated carbocycles. The summed E-state index contributed by atoms with van der Waals surface area (Å²) in [7, 11) is 4.07. The average Bonchev–Trinajstić information content (AvgIpc) is 3.24. The van der Waals surface area contributed by atoms with Crippen molar-refractivity contribution in [2.45, 2.75) is 18.9 Å². The van der Waals surface area contributed by atoms with Crippen LogP contribution in [0.2, 0.25) is 0 Å². The molecule has 2 aromatic carbocycles. The zero-order valence-corrected chi connectivity index (χ0v) is 19.7. The molecule has 176 valence electrons. The van der Waals surface area contributed by atoms with E-state index in [2.05, 4.69) is 49.4 Å². The van der Waals surface area contributed by atoms with Crippen LogP contribution in [0.5, 0.6) is 5.75 Å². The van der Waals surface area contributed by atoms with Crippen molar-refractivity contribution < 1.29 is 9.84 Å². The molecular weight excluding hydrogens is 426 g/mol. The van der Waals surface area contributed by atoms with E-state index in [1.54, 1.807) is 6.33 Å². The molecule has 1 fully saturated rings. The molecule has 2 heterocycles. The molecule has 0 aliphatic heterocycles. The number of fused-ring (bicyclic) bond motifs is 1. The summed E-state index contributed by atoms with van der Waals surface area (Å²) in [6, 6.07) is 18.5. The zero-order valence-electron chi connectivity index (χ0n) is 19.7. The van der Waals surface area contributed by atoms with Crippen molar-refractivity contribution in [2.24, 2.45) is 5.92 Å². The predicted molar refractivity (Wildman–Crippen MR) is 136 cm³/mol. The van der Waals surface area contributed by atoms with Crippen molar-refractivity contribution in [3.8, 4) is 28.1 Å². The molecule has 0 amide bonds. The Labute approximate surface area is 199 Å². The number of aliphatic hydroxyl groups excluding tert-OH is 1. The normalized spacial score (nSPS) is 17.6. The van der Waals surface area contributed by atoms with E-state index in [9.17, 15) is 5.11 Å². The number of ether oxygens (including phenoxy) is 1. The molecule has 2 atom stereocenters. The minimum atomic E-state index is -0.223. The van der Waals surface area contributed by atoms with Crippen LogP contribution in [0.15, 0.2) is 60.9 Å². The number of aromatic amines is 1. The number of hydrogen-bond donors (Lipinski definition) is 3. The molecule has 3 N–H and O–H groups in total. The highest BCUT2D eigenvalue weighted by Gasteiger charge is 2.29. The standard InChI is InChI=1S/C27H31N5O2/c1-32(2)14-15-34-21-11-8-19(9-12-21)25-23(18-6-4-3-5-7-18)24-26(29-17-30-27(24)31-25)28-16-20-10-13-22(20)33/h3-9,11-12,17,20,22,33H,10,13-16H2,1-2H3,(H2,28,29,30,31). The Morgan fingerprint density at radius 2 is 1.82 bits per heavy atom. The van der Waals surface area contributed by atoms with Gasteiger partial charge >= 0.3 is 0 Å². The summed E-state index contributed by atoms with van der Waals surface area (Å²) < 4.78 is 5.88. The van der Waals surface area contributed by atoms with Gasteiger partial charge in [-0.3, -0.25) is 0 Å². The van der Waals surface area contributed by atoms with Gasteiger partial charge < -0.3 is 25.0 Å². The lowest BCUT2D eigenvalue weighted by Crippen LogP contribution is -2.36. The molecule has 4 aromatic rings. The third-order valence-corrected chi connectivity index (χ3v) is 6.51. The molecule has 5 rings (SSSR count). The van der Waals surface area contributed by atoms with Crippen LogP contribution < -0.4 is 10.1 Å². The first kappa shape index (κ1) is 22.4. The highest BCUT2D eigenvalue weighted by atomic mass is 16.5. The van der Waals surface area contributed by atoms with Crippen molar-refractivity contribution in [2.75, 3.05) is 39.1 Å². The molecule has 7 nitrogen and oxygen atoms in total. The predicted octanol–water partition coefficient (Wildman–Crippen LogP) is 4.42. The van der Waals surface area contributed by atoms with Gasteiger partial charge in [-0.25, -0.2) is 9.97 Å². The fourth-order valence-electron chi connectivity index (χ4n) is 4.35. The lowest BCUT2D eigenvalue weighted by molar-refractivity contribution is 0.0314. The Morgan fingerprint density at radius 3 is 2.50 bits per heavy atom. The smallest absolute Gasteiger partial charge is 0.143 e. The molecule has 0 radical (unpaired) electrons. The van der Waals surface area contributed by atoms with Crippen LogP contribution in [0.4, 0.5) is 5.82 Å². The molecule has 7 heteroatoms. The number of nitrogens with one attached hydrogen (secondary N) is 2. The molecule has 2 unspecified atom stereocenters. The molecule has 1 aliphatic rings. The van der Waals surface area contributed by atoms with Crippen LogP contribution in [0.25, 0.3) is 33.4 Å². The van der Waals surface area contributed by atoms with E-state index < -0.39 is 0 Å². The molecule has 34 heavy (non-hydrogen) atoms. The molecule has 0 saturated heterocycles. The Balaban J connectivity index is 1.52. The summed E-state index contributed by atoms with van der Waals surface area (Å²) in [5, 5.41) is 14.4. The summed E-state index contributed by atoms with van der Waals surface area (Å²) in [6.45, 7) is 2.21. The van der Waals surface area contributed by atoms with E-state index >= 15 is 0 Å². The van der Waals surface area contributed by atoms with Crippen LogP contribution in [0, 0.1) is 5.92 Å². The van der Waals surface area contributed by atoms with Gasteiger partial charge in [0.15, 0.2) is 0 Å². The van der Waals surface area contributed by atoms with Gasteiger partial charge in [0, 0.05) is 24.6 Å². The fraction of sp³-hybridized carbons (Fsp3) is 0.333. The maximum atomic E-state index is 10.00. The minimum absolute atomic E-state index is 0.223. The van der Waals surface area contributed by atoms with Crippen LogP contribution in [0.1, 0.15) is 12.8 Å². The van der Waals surface area contributed by atoms with Gasteiger partial charge in [-0.15, -0.1) is 0 Å². The van der Waals surface area contributed by atoms with Crippen LogP contribution in [0.3, 0.4) is 0 Å². The number of anilines is 1. The number of H-pyrrole nitrogens is 1. The van der Waals surface area contributed by atoms with Gasteiger partial charge in [-0.2, -0.15) is 0 Å². The zero-order chi connectivity index (χ0) is 23.5. The van der Waals surface area contributed by atoms with Gasteiger partial charge in [0.2, 0.25) is 0 Å². The Bertz CT molecular complexity index is 1240. The topological polar surface area (TPSA) is 86.3 Å². The van der Waals surface area contributed by atoms with E-state index in [0.717, 1.165) is 64.4 Å². The maximum Gasteiger partial charge on any atom is 0.143 e. The second-order valence-electron chi connectivity index (χ2n) is 9.15. The van der Waals surface area contributed by atoms with E-state index in [0.29, 0.717) is 13.2 Å². The Morgan fingerprint density at radius 1 is 1.03 bits per heavy atom. The van der Waals surface area contributed by atoms with Crippen molar-refractivity contribution >= 4 is 16.9 Å². The first-order valence-corrected chi connectivity index (χ1v) is 11.8. The lowest BCUT2D eigenvalue weighted by atomic mass is 9.82. The summed E-state index contributed by atoms with van der Waals surface area (Å²) in [4.78, 5) is 14.7. The van der Waals surface area contributed by atoms with Crippen molar-refractivity contribution in [1.82, 2.24) is 19.9 Å². The molecule has 0 bridgehead atoms. The van der Waals surface area contributed by atoms with E-state index in [1.807, 2.05) is 44.4 Å². The highest BCUT2D eigenvalue weighted by Crippen LogP contribution is 2.41. The molecule has 0 spiro atoms. The summed E-state index contributed by atoms with van der Waals surface area (Å²) in [5.41, 5.74) is 4.99. The van der Waals surface area contributed by atoms with Crippen molar-refractivity contribution in [3.63, 3.8) is 0 Å². The average molecular weight is 458 g/mol. The quantitative estimate of drug-likeness (QED) is 0.345. The number of aliphatic hydroxyl groups is 1. The third-order valence-electron chi connectivity index (χ3n) is 6.51. The molecule has 2 aromatic heterocycles. The number of aromatic nitrogens is 3. The second-order valence-corrected chi connectivity index (χ2v) is 9.15. The van der Waals surface area contributed by atoms with Gasteiger partial charge in [-0.05, 0) is 62.3 Å². The summed E-state index contributed by atoms with van der Waals surface area (Å²) in [5.74, 6) is 1.90. The maximum absolute atomic E-state index is 10.00. The van der Waals surface area contributed by atoms with Gasteiger partial charge in [0.1, 0.15) is 30.1 Å². The Hall–Kier alpha value is -3.42. The third kappa shape index (κ3) is 4.62. The van der Waals surface area contributed by atoms with Crippen LogP contribution in [-0.4, -0.2) is 64.9 Å². The number of likely N-dealkylation sites (N-methyl/N-ethyl adjacent to an activating group) is 1. The van der Waals surface area contributed by atoms with Crippen molar-refractivity contribution in [3.05, 3.63) is 60.9 Å². The SMILES string of the molecule is CN(C)CCOc1ccc(-c2[nH]c3ncnc(NCC4CCC4O)c3c2-c2ccccc2)cc1. The second kappa shape index (κ2) is 9.83. The minimum Gasteiger partial charge on any atom is -0.492 e. The van der Waals surface area contributed by atoms with Crippen LogP contribution >= 0.6 is 0 Å². The lowest BCUT2D eigenvalue weighted by Gasteiger charge is -2.32. The van der Waals surface area contributed by atoms with E-state index in [1.165, 1.54) is 0 Å². The Kier molecular flexibility index (Phi) is 6.47. The number of rotatable bonds is 9. The number of benzene rings is 2. The molecule has 1 aliphatic carbocycles. The first-order chi connectivity index (χ1) is 16.6. The number of hydrogen-bond acceptors (Lipinski definition) is 6. The number of nitrogens with zero attached hydrogens (tertiary/aromatic N) is 3. The summed E-state index contributed by atoms with van der Waals surface area (Å²) in [6.07, 6.45) is 3.27. The monoisotopic (exact) mass is 457 g/mol. The largest absolute Gasteiger partial charge is 0.492 e. The first-order valence-electron chi connectivity index (χ1n) is 11.8.